The fraction of sp³-hybridized carbons (Fsp3) is 0.700. The molecule has 0 aliphatic rings. The number of nitrogens with two attached hydrogens (primary N) is 1. The summed E-state index contributed by atoms with van der Waals surface area (Å²) < 4.78 is 7.37. The zero-order valence-electron chi connectivity index (χ0n) is 9.56. The molecule has 0 fully saturated rings. The van der Waals surface area contributed by atoms with Gasteiger partial charge >= 0.3 is 0 Å². The fourth-order valence-electron chi connectivity index (χ4n) is 1.32. The van der Waals surface area contributed by atoms with Crippen LogP contribution in [0.2, 0.25) is 0 Å². The van der Waals surface area contributed by atoms with E-state index in [9.17, 15) is 0 Å². The summed E-state index contributed by atoms with van der Waals surface area (Å²) >= 11 is 1.74. The first-order valence-corrected chi connectivity index (χ1v) is 6.11. The molecule has 0 aliphatic heterocycles. The topological polar surface area (TPSA) is 53.1 Å². The van der Waals surface area contributed by atoms with Crippen molar-refractivity contribution >= 4 is 11.8 Å². The second-order valence-electron chi connectivity index (χ2n) is 3.37. The number of ether oxygens (including phenoxy) is 1. The molecule has 86 valence electrons. The number of thioether (sulfide) groups is 1. The molecule has 0 saturated carbocycles. The smallest absolute Gasteiger partial charge is 0.0940 e. The molecule has 1 aromatic rings. The van der Waals surface area contributed by atoms with Gasteiger partial charge in [-0.15, -0.1) is 11.8 Å². The zero-order chi connectivity index (χ0) is 11.3. The standard InChI is InChI=1S/C10H19N3OS/c1-4-14-9(6-11)7-15-10-5-8(2)12-13(10)3/h5,9H,4,6-7,11H2,1-3H3. The predicted octanol–water partition coefficient (Wildman–Crippen LogP) is 1.18. The first-order chi connectivity index (χ1) is 7.17. The van der Waals surface area contributed by atoms with E-state index in [1.165, 1.54) is 0 Å². The van der Waals surface area contributed by atoms with Crippen LogP contribution in [0.1, 0.15) is 12.6 Å². The molecular formula is C10H19N3OS. The molecule has 1 heterocycles. The third kappa shape index (κ3) is 3.85. The van der Waals surface area contributed by atoms with Crippen LogP contribution in [0.3, 0.4) is 0 Å². The van der Waals surface area contributed by atoms with Gasteiger partial charge in [0.2, 0.25) is 0 Å². The summed E-state index contributed by atoms with van der Waals surface area (Å²) in [7, 11) is 1.95. The highest BCUT2D eigenvalue weighted by Gasteiger charge is 2.09. The van der Waals surface area contributed by atoms with E-state index in [0.29, 0.717) is 13.2 Å². The SMILES string of the molecule is CCOC(CN)CSc1cc(C)nn1C. The van der Waals surface area contributed by atoms with Crippen molar-refractivity contribution in [2.24, 2.45) is 12.8 Å². The minimum atomic E-state index is 0.134. The van der Waals surface area contributed by atoms with E-state index in [2.05, 4.69) is 11.2 Å². The van der Waals surface area contributed by atoms with Crippen LogP contribution in [-0.2, 0) is 11.8 Å². The number of aromatic nitrogens is 2. The Morgan fingerprint density at radius 1 is 1.67 bits per heavy atom. The Kier molecular flexibility index (Phi) is 5.14. The van der Waals surface area contributed by atoms with Crippen molar-refractivity contribution in [3.8, 4) is 0 Å². The largest absolute Gasteiger partial charge is 0.376 e. The van der Waals surface area contributed by atoms with Gasteiger partial charge in [0, 0.05) is 26.0 Å². The second kappa shape index (κ2) is 6.15. The quantitative estimate of drug-likeness (QED) is 0.744. The Hall–Kier alpha value is -0.520. The van der Waals surface area contributed by atoms with Crippen LogP contribution < -0.4 is 5.73 Å². The van der Waals surface area contributed by atoms with E-state index >= 15 is 0 Å². The maximum atomic E-state index is 5.61. The number of aryl methyl sites for hydroxylation is 2. The van der Waals surface area contributed by atoms with Gasteiger partial charge in [-0.25, -0.2) is 0 Å². The molecule has 0 bridgehead atoms. The number of nitrogens with zero attached hydrogens (tertiary/aromatic N) is 2. The van der Waals surface area contributed by atoms with E-state index < -0.39 is 0 Å². The van der Waals surface area contributed by atoms with E-state index in [0.717, 1.165) is 16.5 Å². The van der Waals surface area contributed by atoms with Crippen molar-refractivity contribution in [3.63, 3.8) is 0 Å². The summed E-state index contributed by atoms with van der Waals surface area (Å²) in [5.41, 5.74) is 6.65. The minimum Gasteiger partial charge on any atom is -0.376 e. The molecule has 0 aliphatic carbocycles. The van der Waals surface area contributed by atoms with Crippen LogP contribution in [-0.4, -0.2) is 34.8 Å². The maximum Gasteiger partial charge on any atom is 0.0940 e. The zero-order valence-corrected chi connectivity index (χ0v) is 10.4. The van der Waals surface area contributed by atoms with Gasteiger partial charge < -0.3 is 10.5 Å². The van der Waals surface area contributed by atoms with Crippen molar-refractivity contribution in [2.45, 2.75) is 25.0 Å². The summed E-state index contributed by atoms with van der Waals surface area (Å²) in [4.78, 5) is 0. The van der Waals surface area contributed by atoms with Gasteiger partial charge in [-0.1, -0.05) is 0 Å². The Labute approximate surface area is 95.2 Å². The van der Waals surface area contributed by atoms with Gasteiger partial charge in [-0.05, 0) is 19.9 Å². The molecule has 1 aromatic heterocycles. The molecule has 0 radical (unpaired) electrons. The predicted molar refractivity (Wildman–Crippen MR) is 63.1 cm³/mol. The number of hydrogen-bond donors (Lipinski definition) is 1. The molecule has 1 unspecified atom stereocenters. The van der Waals surface area contributed by atoms with E-state index in [1.54, 1.807) is 11.8 Å². The molecular weight excluding hydrogens is 210 g/mol. The highest BCUT2D eigenvalue weighted by molar-refractivity contribution is 7.99. The van der Waals surface area contributed by atoms with Gasteiger partial charge in [-0.2, -0.15) is 5.10 Å². The minimum absolute atomic E-state index is 0.134. The fourth-order valence-corrected chi connectivity index (χ4v) is 2.39. The van der Waals surface area contributed by atoms with Crippen LogP contribution >= 0.6 is 11.8 Å². The van der Waals surface area contributed by atoms with Crippen LogP contribution in [0.25, 0.3) is 0 Å². The maximum absolute atomic E-state index is 5.61. The lowest BCUT2D eigenvalue weighted by atomic mass is 10.4. The first kappa shape index (κ1) is 12.5. The Balaban J connectivity index is 2.44. The van der Waals surface area contributed by atoms with Crippen LogP contribution in [0.5, 0.6) is 0 Å². The van der Waals surface area contributed by atoms with Crippen LogP contribution in [0, 0.1) is 6.92 Å². The average Bonchev–Trinajstić information content (AvgIpc) is 2.52. The first-order valence-electron chi connectivity index (χ1n) is 5.12. The Morgan fingerprint density at radius 3 is 2.87 bits per heavy atom. The highest BCUT2D eigenvalue weighted by Crippen LogP contribution is 2.19. The summed E-state index contributed by atoms with van der Waals surface area (Å²) in [6.07, 6.45) is 0.134. The van der Waals surface area contributed by atoms with E-state index in [4.69, 9.17) is 10.5 Å². The second-order valence-corrected chi connectivity index (χ2v) is 4.41. The van der Waals surface area contributed by atoms with Gasteiger partial charge in [0.15, 0.2) is 0 Å². The van der Waals surface area contributed by atoms with Crippen molar-refractivity contribution in [1.82, 2.24) is 9.78 Å². The molecule has 15 heavy (non-hydrogen) atoms. The number of hydrogen-bond acceptors (Lipinski definition) is 4. The molecule has 1 atom stereocenters. The Morgan fingerprint density at radius 2 is 2.40 bits per heavy atom. The van der Waals surface area contributed by atoms with E-state index in [-0.39, 0.29) is 6.10 Å². The summed E-state index contributed by atoms with van der Waals surface area (Å²) in [6, 6.07) is 2.07. The normalized spacial score (nSPS) is 13.1. The summed E-state index contributed by atoms with van der Waals surface area (Å²) in [5.74, 6) is 0.878. The summed E-state index contributed by atoms with van der Waals surface area (Å²) in [6.45, 7) is 5.26. The van der Waals surface area contributed by atoms with Crippen molar-refractivity contribution in [3.05, 3.63) is 11.8 Å². The van der Waals surface area contributed by atoms with Crippen LogP contribution in [0.15, 0.2) is 11.1 Å². The van der Waals surface area contributed by atoms with Crippen molar-refractivity contribution < 1.29 is 4.74 Å². The number of rotatable bonds is 6. The van der Waals surface area contributed by atoms with Gasteiger partial charge in [0.25, 0.3) is 0 Å². The third-order valence-corrected chi connectivity index (χ3v) is 3.26. The highest BCUT2D eigenvalue weighted by atomic mass is 32.2. The molecule has 0 amide bonds. The van der Waals surface area contributed by atoms with Crippen LogP contribution in [0.4, 0.5) is 0 Å². The molecule has 4 nitrogen and oxygen atoms in total. The lowest BCUT2D eigenvalue weighted by molar-refractivity contribution is 0.0858. The molecule has 1 rings (SSSR count). The molecule has 0 spiro atoms. The summed E-state index contributed by atoms with van der Waals surface area (Å²) in [5, 5.41) is 5.44. The molecule has 0 aromatic carbocycles. The van der Waals surface area contributed by atoms with Crippen molar-refractivity contribution in [1.29, 1.82) is 0 Å². The average molecular weight is 229 g/mol. The van der Waals surface area contributed by atoms with Gasteiger partial charge in [0.05, 0.1) is 16.8 Å². The Bertz CT molecular complexity index is 301. The lowest BCUT2D eigenvalue weighted by Crippen LogP contribution is -2.26. The monoisotopic (exact) mass is 229 g/mol. The van der Waals surface area contributed by atoms with Crippen molar-refractivity contribution in [2.75, 3.05) is 18.9 Å². The lowest BCUT2D eigenvalue weighted by Gasteiger charge is -2.13. The molecule has 0 saturated heterocycles. The van der Waals surface area contributed by atoms with Gasteiger partial charge in [-0.3, -0.25) is 4.68 Å². The third-order valence-electron chi connectivity index (χ3n) is 2.04. The van der Waals surface area contributed by atoms with E-state index in [1.807, 2.05) is 25.6 Å². The van der Waals surface area contributed by atoms with Gasteiger partial charge in [0.1, 0.15) is 0 Å². The molecule has 2 N–H and O–H groups in total. The molecule has 5 heteroatoms.